The van der Waals surface area contributed by atoms with Gasteiger partial charge in [-0.1, -0.05) is 11.6 Å². The lowest BCUT2D eigenvalue weighted by molar-refractivity contribution is -0.128. The molecular weight excluding hydrogens is 447 g/mol. The molecule has 1 fully saturated rings. The summed E-state index contributed by atoms with van der Waals surface area (Å²) in [6.07, 6.45) is 2.33. The number of hydrogen-bond donors (Lipinski definition) is 1. The van der Waals surface area contributed by atoms with Gasteiger partial charge in [0.25, 0.3) is 0 Å². The summed E-state index contributed by atoms with van der Waals surface area (Å²) in [6.45, 7) is 3.07. The number of rotatable bonds is 3. The third kappa shape index (κ3) is 3.42. The molecule has 0 aliphatic carbocycles. The average molecular weight is 467 g/mol. The zero-order valence-electron chi connectivity index (χ0n) is 17.0. The number of amides is 1. The molecule has 0 unspecified atom stereocenters. The summed E-state index contributed by atoms with van der Waals surface area (Å²) in [7, 11) is -3.61. The predicted octanol–water partition coefficient (Wildman–Crippen LogP) is 2.16. The van der Waals surface area contributed by atoms with Crippen molar-refractivity contribution in [2.45, 2.75) is 19.4 Å². The number of sulfonamides is 1. The van der Waals surface area contributed by atoms with Crippen LogP contribution in [0.3, 0.4) is 0 Å². The van der Waals surface area contributed by atoms with Crippen molar-refractivity contribution in [2.24, 2.45) is 0 Å². The van der Waals surface area contributed by atoms with Crippen LogP contribution in [-0.4, -0.2) is 58.1 Å². The summed E-state index contributed by atoms with van der Waals surface area (Å²) >= 11 is 6.29. The Morgan fingerprint density at radius 3 is 2.61 bits per heavy atom. The maximum Gasteiger partial charge on any atom is 0.248 e. The molecule has 1 aromatic carbocycles. The van der Waals surface area contributed by atoms with Crippen molar-refractivity contribution < 1.29 is 17.6 Å². The van der Waals surface area contributed by atoms with Crippen LogP contribution >= 0.6 is 11.6 Å². The fraction of sp³-hybridized carbons (Fsp3) is 0.316. The third-order valence-corrected chi connectivity index (χ3v) is 7.12. The molecule has 4 rings (SSSR count). The second-order valence-electron chi connectivity index (χ2n) is 7.80. The van der Waals surface area contributed by atoms with Gasteiger partial charge in [0, 0.05) is 18.7 Å². The Balaban J connectivity index is 1.80. The van der Waals surface area contributed by atoms with E-state index in [0.29, 0.717) is 21.8 Å². The molecule has 9 nitrogen and oxygen atoms in total. The summed E-state index contributed by atoms with van der Waals surface area (Å²) in [5, 5.41) is 4.50. The number of nitrogen functional groups attached to an aromatic ring is 1. The minimum atomic E-state index is -3.61. The molecule has 12 heteroatoms. The SMILES string of the molecule is CC1(C)C(=O)N(c2cc(-c3cc(Cl)c4c(N)ncnn34)ccc2F)CCN1S(C)(=O)=O. The summed E-state index contributed by atoms with van der Waals surface area (Å²) in [4.78, 5) is 18.3. The standard InChI is InChI=1S/C19H20ClFN6O3S/c1-19(2)18(28)25(6-7-26(19)31(3,29)30)15-8-11(4-5-13(15)21)14-9-12(20)16-17(22)23-10-24-27(14)16/h4-5,8-10H,6-7H2,1-3H3,(H2,22,23,24). The first-order valence-electron chi connectivity index (χ1n) is 9.30. The quantitative estimate of drug-likeness (QED) is 0.632. The van der Waals surface area contributed by atoms with Gasteiger partial charge in [-0.2, -0.15) is 9.40 Å². The normalized spacial score (nSPS) is 17.5. The van der Waals surface area contributed by atoms with E-state index >= 15 is 0 Å². The van der Waals surface area contributed by atoms with Gasteiger partial charge in [-0.3, -0.25) is 4.79 Å². The van der Waals surface area contributed by atoms with Crippen LogP contribution in [0.1, 0.15) is 13.8 Å². The molecule has 1 aliphatic heterocycles. The first-order valence-corrected chi connectivity index (χ1v) is 11.5. The number of nitrogens with zero attached hydrogens (tertiary/aromatic N) is 5. The third-order valence-electron chi connectivity index (χ3n) is 5.39. The van der Waals surface area contributed by atoms with Gasteiger partial charge < -0.3 is 10.6 Å². The van der Waals surface area contributed by atoms with Crippen molar-refractivity contribution in [3.63, 3.8) is 0 Å². The minimum absolute atomic E-state index is 0.0144. The molecule has 0 saturated carbocycles. The van der Waals surface area contributed by atoms with Crippen LogP contribution in [0.5, 0.6) is 0 Å². The van der Waals surface area contributed by atoms with Gasteiger partial charge in [-0.05, 0) is 38.1 Å². The largest absolute Gasteiger partial charge is 0.382 e. The summed E-state index contributed by atoms with van der Waals surface area (Å²) in [6, 6.07) is 5.92. The Morgan fingerprint density at radius 1 is 1.23 bits per heavy atom. The highest BCUT2D eigenvalue weighted by Crippen LogP contribution is 2.35. The molecule has 2 N–H and O–H groups in total. The monoisotopic (exact) mass is 466 g/mol. The lowest BCUT2D eigenvalue weighted by Crippen LogP contribution is -2.64. The number of nitrogens with two attached hydrogens (primary N) is 1. The van der Waals surface area contributed by atoms with Gasteiger partial charge in [0.15, 0.2) is 5.82 Å². The molecule has 1 saturated heterocycles. The van der Waals surface area contributed by atoms with Gasteiger partial charge >= 0.3 is 0 Å². The number of piperazine rings is 1. The Kier molecular flexibility index (Phi) is 4.95. The number of anilines is 2. The van der Waals surface area contributed by atoms with Crippen molar-refractivity contribution in [2.75, 3.05) is 30.0 Å². The molecule has 3 heterocycles. The van der Waals surface area contributed by atoms with Crippen LogP contribution in [0, 0.1) is 5.82 Å². The Hall–Kier alpha value is -2.76. The fourth-order valence-electron chi connectivity index (χ4n) is 3.93. The zero-order chi connectivity index (χ0) is 22.7. The highest BCUT2D eigenvalue weighted by Gasteiger charge is 2.47. The van der Waals surface area contributed by atoms with Crippen LogP contribution in [-0.2, 0) is 14.8 Å². The van der Waals surface area contributed by atoms with E-state index in [0.717, 1.165) is 10.6 Å². The molecule has 0 bridgehead atoms. The number of fused-ring (bicyclic) bond motifs is 1. The van der Waals surface area contributed by atoms with E-state index in [1.165, 1.54) is 47.8 Å². The highest BCUT2D eigenvalue weighted by molar-refractivity contribution is 7.88. The highest BCUT2D eigenvalue weighted by atomic mass is 35.5. The molecule has 2 aromatic heterocycles. The second kappa shape index (κ2) is 7.14. The van der Waals surface area contributed by atoms with E-state index in [1.807, 2.05) is 0 Å². The van der Waals surface area contributed by atoms with E-state index in [2.05, 4.69) is 10.1 Å². The van der Waals surface area contributed by atoms with Crippen molar-refractivity contribution in [3.05, 3.63) is 41.4 Å². The summed E-state index contributed by atoms with van der Waals surface area (Å²) < 4.78 is 41.6. The number of carbonyl (C=O) groups is 1. The molecule has 3 aromatic rings. The number of halogens is 2. The molecule has 0 radical (unpaired) electrons. The van der Waals surface area contributed by atoms with E-state index < -0.39 is 27.3 Å². The minimum Gasteiger partial charge on any atom is -0.382 e. The molecule has 1 aliphatic rings. The van der Waals surface area contributed by atoms with E-state index in [9.17, 15) is 17.6 Å². The Bertz CT molecular complexity index is 1320. The van der Waals surface area contributed by atoms with E-state index in [-0.39, 0.29) is 24.6 Å². The summed E-state index contributed by atoms with van der Waals surface area (Å²) in [5.74, 6) is -0.936. The van der Waals surface area contributed by atoms with Crippen LogP contribution < -0.4 is 10.6 Å². The molecule has 31 heavy (non-hydrogen) atoms. The first kappa shape index (κ1) is 21.5. The lowest BCUT2D eigenvalue weighted by atomic mass is 9.99. The second-order valence-corrected chi connectivity index (χ2v) is 10.1. The molecular formula is C19H20ClFN6O3S. The van der Waals surface area contributed by atoms with Gasteiger partial charge in [-0.25, -0.2) is 22.3 Å². The number of carbonyl (C=O) groups excluding carboxylic acids is 1. The maximum absolute atomic E-state index is 14.8. The van der Waals surface area contributed by atoms with Crippen molar-refractivity contribution in [1.82, 2.24) is 18.9 Å². The molecule has 164 valence electrons. The average Bonchev–Trinajstić information content (AvgIpc) is 3.01. The smallest absolute Gasteiger partial charge is 0.248 e. The maximum atomic E-state index is 14.8. The van der Waals surface area contributed by atoms with Crippen LogP contribution in [0.25, 0.3) is 16.8 Å². The van der Waals surface area contributed by atoms with Crippen molar-refractivity contribution >= 4 is 44.6 Å². The van der Waals surface area contributed by atoms with Crippen molar-refractivity contribution in [1.29, 1.82) is 0 Å². The molecule has 1 amide bonds. The molecule has 0 spiro atoms. The van der Waals surface area contributed by atoms with Gasteiger partial charge in [0.05, 0.1) is 22.7 Å². The van der Waals surface area contributed by atoms with Crippen LogP contribution in [0.15, 0.2) is 30.6 Å². The van der Waals surface area contributed by atoms with Crippen LogP contribution in [0.2, 0.25) is 5.02 Å². The van der Waals surface area contributed by atoms with Gasteiger partial charge in [0.2, 0.25) is 15.9 Å². The number of hydrogen-bond acceptors (Lipinski definition) is 6. The number of benzene rings is 1. The predicted molar refractivity (Wildman–Crippen MR) is 116 cm³/mol. The van der Waals surface area contributed by atoms with E-state index in [4.69, 9.17) is 17.3 Å². The lowest BCUT2D eigenvalue weighted by Gasteiger charge is -2.44. The zero-order valence-corrected chi connectivity index (χ0v) is 18.6. The number of aromatic nitrogens is 3. The van der Waals surface area contributed by atoms with E-state index in [1.54, 1.807) is 6.07 Å². The van der Waals surface area contributed by atoms with Gasteiger partial charge in [0.1, 0.15) is 23.2 Å². The Morgan fingerprint density at radius 2 is 1.94 bits per heavy atom. The summed E-state index contributed by atoms with van der Waals surface area (Å²) in [5.41, 5.74) is 6.08. The first-order chi connectivity index (χ1) is 14.4. The van der Waals surface area contributed by atoms with Crippen molar-refractivity contribution in [3.8, 4) is 11.3 Å². The topological polar surface area (TPSA) is 114 Å². The Labute approximate surface area is 183 Å². The van der Waals surface area contributed by atoms with Gasteiger partial charge in [-0.15, -0.1) is 0 Å². The molecule has 0 atom stereocenters. The fourth-order valence-corrected chi connectivity index (χ4v) is 5.53. The van der Waals surface area contributed by atoms with Crippen LogP contribution in [0.4, 0.5) is 15.9 Å².